The Bertz CT molecular complexity index is 459. The maximum Gasteiger partial charge on any atom is 0.0208 e. The van der Waals surface area contributed by atoms with Gasteiger partial charge in [-0.25, -0.2) is 0 Å². The molecule has 2 aromatic carbocycles. The Hall–Kier alpha value is -1.60. The van der Waals surface area contributed by atoms with Crippen molar-refractivity contribution in [2.75, 3.05) is 0 Å². The van der Waals surface area contributed by atoms with Crippen molar-refractivity contribution in [2.24, 2.45) is 0 Å². The van der Waals surface area contributed by atoms with Gasteiger partial charge in [-0.2, -0.15) is 0 Å². The van der Waals surface area contributed by atoms with Crippen LogP contribution in [0.3, 0.4) is 0 Å². The number of aryl methyl sites for hydroxylation is 1. The van der Waals surface area contributed by atoms with Crippen LogP contribution in [0.1, 0.15) is 23.6 Å². The highest BCUT2D eigenvalue weighted by atomic mass is 14.9. The van der Waals surface area contributed by atoms with E-state index in [2.05, 4.69) is 73.8 Å². The Morgan fingerprint density at radius 2 is 1.56 bits per heavy atom. The third kappa shape index (κ3) is 4.01. The summed E-state index contributed by atoms with van der Waals surface area (Å²) in [5.41, 5.74) is 4.06. The zero-order valence-corrected chi connectivity index (χ0v) is 11.2. The molecule has 0 heterocycles. The van der Waals surface area contributed by atoms with E-state index in [1.54, 1.807) is 0 Å². The number of benzene rings is 2. The third-order valence-corrected chi connectivity index (χ3v) is 3.16. The Labute approximate surface area is 110 Å². The third-order valence-electron chi connectivity index (χ3n) is 3.16. The fraction of sp³-hybridized carbons (Fsp3) is 0.294. The molecule has 2 aromatic rings. The van der Waals surface area contributed by atoms with Crippen molar-refractivity contribution in [3.8, 4) is 0 Å². The average molecular weight is 239 g/mol. The van der Waals surface area contributed by atoms with E-state index in [-0.39, 0.29) is 0 Å². The molecule has 0 spiro atoms. The quantitative estimate of drug-likeness (QED) is 0.838. The SMILES string of the molecule is Cc1ccc(C[C@@H](C)NCc2ccccc2)cc1. The van der Waals surface area contributed by atoms with Crippen LogP contribution in [0.25, 0.3) is 0 Å². The zero-order chi connectivity index (χ0) is 12.8. The van der Waals surface area contributed by atoms with Crippen molar-refractivity contribution >= 4 is 0 Å². The van der Waals surface area contributed by atoms with Crippen LogP contribution in [0, 0.1) is 6.92 Å². The molecule has 0 fully saturated rings. The van der Waals surface area contributed by atoms with Crippen LogP contribution in [0.15, 0.2) is 54.6 Å². The highest BCUT2D eigenvalue weighted by Crippen LogP contribution is 2.06. The second kappa shape index (κ2) is 6.36. The van der Waals surface area contributed by atoms with Gasteiger partial charge < -0.3 is 5.32 Å². The van der Waals surface area contributed by atoms with E-state index in [0.29, 0.717) is 6.04 Å². The molecule has 18 heavy (non-hydrogen) atoms. The van der Waals surface area contributed by atoms with Gasteiger partial charge in [0.2, 0.25) is 0 Å². The van der Waals surface area contributed by atoms with Crippen LogP contribution in [0.4, 0.5) is 0 Å². The van der Waals surface area contributed by atoms with Gasteiger partial charge in [0.05, 0.1) is 0 Å². The van der Waals surface area contributed by atoms with Crippen LogP contribution in [-0.4, -0.2) is 6.04 Å². The summed E-state index contributed by atoms with van der Waals surface area (Å²) in [6.07, 6.45) is 1.08. The predicted octanol–water partition coefficient (Wildman–Crippen LogP) is 3.72. The largest absolute Gasteiger partial charge is 0.310 e. The first kappa shape index (κ1) is 12.8. The molecule has 0 saturated heterocycles. The van der Waals surface area contributed by atoms with Gasteiger partial charge in [-0.1, -0.05) is 60.2 Å². The van der Waals surface area contributed by atoms with Crippen molar-refractivity contribution in [2.45, 2.75) is 32.9 Å². The van der Waals surface area contributed by atoms with Crippen molar-refractivity contribution in [3.05, 3.63) is 71.3 Å². The van der Waals surface area contributed by atoms with E-state index in [1.165, 1.54) is 16.7 Å². The Balaban J connectivity index is 1.82. The van der Waals surface area contributed by atoms with E-state index < -0.39 is 0 Å². The van der Waals surface area contributed by atoms with Crippen LogP contribution < -0.4 is 5.32 Å². The Morgan fingerprint density at radius 1 is 0.889 bits per heavy atom. The van der Waals surface area contributed by atoms with Crippen LogP contribution in [-0.2, 0) is 13.0 Å². The number of rotatable bonds is 5. The molecule has 94 valence electrons. The first-order valence-corrected chi connectivity index (χ1v) is 6.57. The fourth-order valence-electron chi connectivity index (χ4n) is 2.04. The summed E-state index contributed by atoms with van der Waals surface area (Å²) in [5.74, 6) is 0. The monoisotopic (exact) mass is 239 g/mol. The lowest BCUT2D eigenvalue weighted by molar-refractivity contribution is 0.545. The van der Waals surface area contributed by atoms with Gasteiger partial charge in [-0.3, -0.25) is 0 Å². The van der Waals surface area contributed by atoms with Gasteiger partial charge in [0.15, 0.2) is 0 Å². The highest BCUT2D eigenvalue weighted by Gasteiger charge is 2.02. The highest BCUT2D eigenvalue weighted by molar-refractivity contribution is 5.22. The van der Waals surface area contributed by atoms with Gasteiger partial charge >= 0.3 is 0 Å². The molecule has 0 radical (unpaired) electrons. The van der Waals surface area contributed by atoms with Crippen LogP contribution in [0.5, 0.6) is 0 Å². The standard InChI is InChI=1S/C17H21N/c1-14-8-10-16(11-9-14)12-15(2)18-13-17-6-4-3-5-7-17/h3-11,15,18H,12-13H2,1-2H3/t15-/m1/s1. The predicted molar refractivity (Wildman–Crippen MR) is 77.6 cm³/mol. The zero-order valence-electron chi connectivity index (χ0n) is 11.2. The van der Waals surface area contributed by atoms with Gasteiger partial charge in [0.25, 0.3) is 0 Å². The molecule has 0 aliphatic carbocycles. The van der Waals surface area contributed by atoms with Gasteiger partial charge in [-0.05, 0) is 31.4 Å². The van der Waals surface area contributed by atoms with E-state index in [0.717, 1.165) is 13.0 Å². The lowest BCUT2D eigenvalue weighted by atomic mass is 10.1. The first-order chi connectivity index (χ1) is 8.74. The summed E-state index contributed by atoms with van der Waals surface area (Å²) in [7, 11) is 0. The molecule has 1 atom stereocenters. The second-order valence-corrected chi connectivity index (χ2v) is 4.96. The molecule has 1 N–H and O–H groups in total. The van der Waals surface area contributed by atoms with Gasteiger partial charge in [-0.15, -0.1) is 0 Å². The normalized spacial score (nSPS) is 12.3. The first-order valence-electron chi connectivity index (χ1n) is 6.57. The van der Waals surface area contributed by atoms with Crippen molar-refractivity contribution < 1.29 is 0 Å². The van der Waals surface area contributed by atoms with Crippen molar-refractivity contribution in [3.63, 3.8) is 0 Å². The molecule has 0 aromatic heterocycles. The molecular weight excluding hydrogens is 218 g/mol. The molecule has 1 nitrogen and oxygen atoms in total. The summed E-state index contributed by atoms with van der Waals surface area (Å²) in [6.45, 7) is 5.30. The van der Waals surface area contributed by atoms with Crippen LogP contribution >= 0.6 is 0 Å². The molecule has 0 amide bonds. The molecule has 0 unspecified atom stereocenters. The smallest absolute Gasteiger partial charge is 0.0208 e. The summed E-state index contributed by atoms with van der Waals surface area (Å²) in [6, 6.07) is 19.8. The minimum Gasteiger partial charge on any atom is -0.310 e. The molecule has 0 bridgehead atoms. The summed E-state index contributed by atoms with van der Waals surface area (Å²) in [4.78, 5) is 0. The molecule has 0 aliphatic heterocycles. The Kier molecular flexibility index (Phi) is 4.54. The number of nitrogens with one attached hydrogen (secondary N) is 1. The molecular formula is C17H21N. The van der Waals surface area contributed by atoms with E-state index in [1.807, 2.05) is 0 Å². The summed E-state index contributed by atoms with van der Waals surface area (Å²) in [5, 5.41) is 3.56. The van der Waals surface area contributed by atoms with Crippen LogP contribution in [0.2, 0.25) is 0 Å². The van der Waals surface area contributed by atoms with E-state index >= 15 is 0 Å². The lowest BCUT2D eigenvalue weighted by Gasteiger charge is -2.14. The second-order valence-electron chi connectivity index (χ2n) is 4.96. The van der Waals surface area contributed by atoms with Gasteiger partial charge in [0.1, 0.15) is 0 Å². The lowest BCUT2D eigenvalue weighted by Crippen LogP contribution is -2.27. The average Bonchev–Trinajstić information content (AvgIpc) is 2.40. The summed E-state index contributed by atoms with van der Waals surface area (Å²) >= 11 is 0. The summed E-state index contributed by atoms with van der Waals surface area (Å²) < 4.78 is 0. The van der Waals surface area contributed by atoms with E-state index in [9.17, 15) is 0 Å². The molecule has 1 heteroatoms. The maximum absolute atomic E-state index is 3.56. The van der Waals surface area contributed by atoms with Crippen molar-refractivity contribution in [1.82, 2.24) is 5.32 Å². The Morgan fingerprint density at radius 3 is 2.22 bits per heavy atom. The fourth-order valence-corrected chi connectivity index (χ4v) is 2.04. The molecule has 0 saturated carbocycles. The molecule has 0 aliphatic rings. The topological polar surface area (TPSA) is 12.0 Å². The molecule has 2 rings (SSSR count). The minimum absolute atomic E-state index is 0.493. The minimum atomic E-state index is 0.493. The number of hydrogen-bond donors (Lipinski definition) is 1. The van der Waals surface area contributed by atoms with Crippen molar-refractivity contribution in [1.29, 1.82) is 0 Å². The van der Waals surface area contributed by atoms with Gasteiger partial charge in [0, 0.05) is 12.6 Å². The number of hydrogen-bond acceptors (Lipinski definition) is 1. The van der Waals surface area contributed by atoms with E-state index in [4.69, 9.17) is 0 Å². The maximum atomic E-state index is 3.56.